The van der Waals surface area contributed by atoms with E-state index in [9.17, 15) is 4.79 Å². The van der Waals surface area contributed by atoms with Gasteiger partial charge in [0.25, 0.3) is 0 Å². The summed E-state index contributed by atoms with van der Waals surface area (Å²) in [6.07, 6.45) is 0.117. The smallest absolute Gasteiger partial charge is 0.319 e. The predicted molar refractivity (Wildman–Crippen MR) is 143 cm³/mol. The first-order valence-corrected chi connectivity index (χ1v) is 10.6. The average molecular weight is 553 g/mol. The third-order valence-electron chi connectivity index (χ3n) is 4.35. The molecule has 2 rings (SSSR count). The van der Waals surface area contributed by atoms with Gasteiger partial charge in [-0.15, -0.1) is 24.0 Å². The molecule has 0 aromatic heterocycles. The SMILES string of the molecule is CN=C(NCc1ccc(NC(=O)NC(C)C)cc1)NCc1ccc(C)cc1OC(C)C.I. The summed E-state index contributed by atoms with van der Waals surface area (Å²) in [5, 5.41) is 12.3. The highest BCUT2D eigenvalue weighted by Crippen LogP contribution is 2.21. The second-order valence-electron chi connectivity index (χ2n) is 8.01. The highest BCUT2D eigenvalue weighted by molar-refractivity contribution is 14.0. The first-order valence-electron chi connectivity index (χ1n) is 10.6. The summed E-state index contributed by atoms with van der Waals surface area (Å²) < 4.78 is 5.95. The van der Waals surface area contributed by atoms with Crippen LogP contribution in [0.15, 0.2) is 47.5 Å². The molecule has 0 spiro atoms. The summed E-state index contributed by atoms with van der Waals surface area (Å²) in [5.74, 6) is 1.59. The predicted octanol–water partition coefficient (Wildman–Crippen LogP) is 4.80. The maximum Gasteiger partial charge on any atom is 0.319 e. The van der Waals surface area contributed by atoms with E-state index in [0.717, 1.165) is 22.6 Å². The van der Waals surface area contributed by atoms with Crippen LogP contribution in [0.4, 0.5) is 10.5 Å². The molecule has 0 radical (unpaired) electrons. The van der Waals surface area contributed by atoms with Gasteiger partial charge in [0, 0.05) is 37.4 Å². The van der Waals surface area contributed by atoms with Gasteiger partial charge in [-0.1, -0.05) is 24.3 Å². The third-order valence-corrected chi connectivity index (χ3v) is 4.35. The van der Waals surface area contributed by atoms with Crippen molar-refractivity contribution in [1.29, 1.82) is 0 Å². The molecule has 4 N–H and O–H groups in total. The highest BCUT2D eigenvalue weighted by Gasteiger charge is 2.08. The van der Waals surface area contributed by atoms with Crippen LogP contribution in [0.1, 0.15) is 44.4 Å². The number of guanidine groups is 1. The molecule has 0 saturated heterocycles. The van der Waals surface area contributed by atoms with Gasteiger partial charge in [-0.05, 0) is 63.9 Å². The van der Waals surface area contributed by atoms with Crippen molar-refractivity contribution >= 4 is 41.7 Å². The molecule has 0 saturated carbocycles. The summed E-state index contributed by atoms with van der Waals surface area (Å²) in [6, 6.07) is 13.8. The van der Waals surface area contributed by atoms with Crippen LogP contribution in [0.3, 0.4) is 0 Å². The Kier molecular flexibility index (Phi) is 11.9. The number of benzene rings is 2. The molecule has 0 bridgehead atoms. The molecular formula is C24H36IN5O2. The van der Waals surface area contributed by atoms with Crippen molar-refractivity contribution in [3.8, 4) is 5.75 Å². The summed E-state index contributed by atoms with van der Waals surface area (Å²) in [4.78, 5) is 16.1. The second kappa shape index (κ2) is 13.8. The van der Waals surface area contributed by atoms with Gasteiger partial charge in [-0.25, -0.2) is 4.79 Å². The van der Waals surface area contributed by atoms with E-state index in [0.29, 0.717) is 19.0 Å². The molecule has 0 heterocycles. The molecule has 0 aliphatic carbocycles. The molecule has 0 aliphatic rings. The van der Waals surface area contributed by atoms with E-state index in [1.165, 1.54) is 5.56 Å². The topological polar surface area (TPSA) is 86.8 Å². The molecule has 2 aromatic carbocycles. The zero-order valence-electron chi connectivity index (χ0n) is 19.8. The molecule has 32 heavy (non-hydrogen) atoms. The molecule has 2 amide bonds. The van der Waals surface area contributed by atoms with E-state index < -0.39 is 0 Å². The maximum atomic E-state index is 11.8. The molecule has 2 aromatic rings. The van der Waals surface area contributed by atoms with E-state index in [-0.39, 0.29) is 42.2 Å². The Labute approximate surface area is 208 Å². The fourth-order valence-electron chi connectivity index (χ4n) is 2.89. The minimum absolute atomic E-state index is 0. The zero-order chi connectivity index (χ0) is 22.8. The van der Waals surface area contributed by atoms with Gasteiger partial charge in [0.15, 0.2) is 5.96 Å². The highest BCUT2D eigenvalue weighted by atomic mass is 127. The largest absolute Gasteiger partial charge is 0.491 e. The number of aliphatic imine (C=N–C) groups is 1. The third kappa shape index (κ3) is 9.76. The van der Waals surface area contributed by atoms with Crippen LogP contribution in [0, 0.1) is 6.92 Å². The number of ether oxygens (including phenoxy) is 1. The number of halogens is 1. The lowest BCUT2D eigenvalue weighted by Crippen LogP contribution is -2.36. The van der Waals surface area contributed by atoms with Crippen LogP contribution in [-0.4, -0.2) is 31.2 Å². The lowest BCUT2D eigenvalue weighted by atomic mass is 10.1. The number of carbonyl (C=O) groups excluding carboxylic acids is 1. The van der Waals surface area contributed by atoms with Crippen molar-refractivity contribution in [2.45, 2.75) is 59.9 Å². The number of hydrogen-bond acceptors (Lipinski definition) is 3. The van der Waals surface area contributed by atoms with Crippen LogP contribution < -0.4 is 26.0 Å². The monoisotopic (exact) mass is 553 g/mol. The number of rotatable bonds is 8. The Morgan fingerprint density at radius 1 is 1.00 bits per heavy atom. The zero-order valence-corrected chi connectivity index (χ0v) is 22.1. The molecule has 8 heteroatoms. The van der Waals surface area contributed by atoms with Gasteiger partial charge in [-0.2, -0.15) is 0 Å². The number of hydrogen-bond donors (Lipinski definition) is 4. The summed E-state index contributed by atoms with van der Waals surface area (Å²) in [6.45, 7) is 11.2. The minimum atomic E-state index is -0.206. The number of aryl methyl sites for hydroxylation is 1. The number of anilines is 1. The summed E-state index contributed by atoms with van der Waals surface area (Å²) in [5.41, 5.74) is 4.08. The van der Waals surface area contributed by atoms with E-state index in [1.807, 2.05) is 52.0 Å². The van der Waals surface area contributed by atoms with Crippen LogP contribution in [0.5, 0.6) is 5.75 Å². The number of urea groups is 1. The molecular weight excluding hydrogens is 517 g/mol. The number of nitrogens with zero attached hydrogens (tertiary/aromatic N) is 1. The van der Waals surface area contributed by atoms with Gasteiger partial charge in [-0.3, -0.25) is 4.99 Å². The standard InChI is InChI=1S/C24H35N5O2.HI/c1-16(2)28-24(30)29-21-11-8-19(9-12-21)14-26-23(25-6)27-15-20-10-7-18(5)13-22(20)31-17(3)4;/h7-13,16-17H,14-15H2,1-6H3,(H2,25,26,27)(H2,28,29,30);1H. The van der Waals surface area contributed by atoms with Crippen LogP contribution in [-0.2, 0) is 13.1 Å². The fourth-order valence-corrected chi connectivity index (χ4v) is 2.89. The first kappa shape index (κ1) is 27.5. The van der Waals surface area contributed by atoms with Gasteiger partial charge in [0.1, 0.15) is 5.75 Å². The van der Waals surface area contributed by atoms with Crippen molar-refractivity contribution in [3.63, 3.8) is 0 Å². The Morgan fingerprint density at radius 2 is 1.66 bits per heavy atom. The number of nitrogens with one attached hydrogen (secondary N) is 4. The Hall–Kier alpha value is -2.49. The normalized spacial score (nSPS) is 11.1. The van der Waals surface area contributed by atoms with Gasteiger partial charge in [0.05, 0.1) is 6.10 Å². The Morgan fingerprint density at radius 3 is 2.25 bits per heavy atom. The number of carbonyl (C=O) groups is 1. The second-order valence-corrected chi connectivity index (χ2v) is 8.01. The number of amides is 2. The van der Waals surface area contributed by atoms with Crippen LogP contribution in [0.25, 0.3) is 0 Å². The lowest BCUT2D eigenvalue weighted by molar-refractivity contribution is 0.239. The van der Waals surface area contributed by atoms with Gasteiger partial charge in [0.2, 0.25) is 0 Å². The van der Waals surface area contributed by atoms with E-state index in [1.54, 1.807) is 7.05 Å². The molecule has 7 nitrogen and oxygen atoms in total. The van der Waals surface area contributed by atoms with Gasteiger partial charge < -0.3 is 26.0 Å². The van der Waals surface area contributed by atoms with E-state index in [2.05, 4.69) is 51.4 Å². The van der Waals surface area contributed by atoms with Crippen molar-refractivity contribution in [2.24, 2.45) is 4.99 Å². The Bertz CT molecular complexity index is 882. The van der Waals surface area contributed by atoms with Crippen molar-refractivity contribution in [2.75, 3.05) is 12.4 Å². The lowest BCUT2D eigenvalue weighted by Gasteiger charge is -2.17. The summed E-state index contributed by atoms with van der Waals surface area (Å²) >= 11 is 0. The van der Waals surface area contributed by atoms with Crippen molar-refractivity contribution in [1.82, 2.24) is 16.0 Å². The quantitative estimate of drug-likeness (QED) is 0.215. The van der Waals surface area contributed by atoms with Gasteiger partial charge >= 0.3 is 6.03 Å². The molecule has 176 valence electrons. The molecule has 0 aliphatic heterocycles. The van der Waals surface area contributed by atoms with Crippen LogP contribution in [0.2, 0.25) is 0 Å². The van der Waals surface area contributed by atoms with Crippen LogP contribution >= 0.6 is 24.0 Å². The minimum Gasteiger partial charge on any atom is -0.491 e. The maximum absolute atomic E-state index is 11.8. The Balaban J connectivity index is 0.00000512. The van der Waals surface area contributed by atoms with E-state index in [4.69, 9.17) is 4.74 Å². The summed E-state index contributed by atoms with van der Waals surface area (Å²) in [7, 11) is 1.75. The first-order chi connectivity index (χ1) is 14.8. The fraction of sp³-hybridized carbons (Fsp3) is 0.417. The van der Waals surface area contributed by atoms with Crippen molar-refractivity contribution in [3.05, 3.63) is 59.2 Å². The van der Waals surface area contributed by atoms with Crippen molar-refractivity contribution < 1.29 is 9.53 Å². The average Bonchev–Trinajstić information content (AvgIpc) is 2.69. The molecule has 0 unspecified atom stereocenters. The molecule has 0 atom stereocenters. The molecule has 0 fully saturated rings. The van der Waals surface area contributed by atoms with E-state index >= 15 is 0 Å².